The van der Waals surface area contributed by atoms with Crippen LogP contribution in [0, 0.1) is 10.1 Å². The second-order valence-electron chi connectivity index (χ2n) is 3.91. The van der Waals surface area contributed by atoms with E-state index in [1.807, 2.05) is 0 Å². The van der Waals surface area contributed by atoms with Crippen LogP contribution in [0.5, 0.6) is 0 Å². The zero-order valence-corrected chi connectivity index (χ0v) is 10.9. The molecule has 0 spiro atoms. The molecule has 0 amide bonds. The fourth-order valence-corrected chi connectivity index (χ4v) is 1.47. The summed E-state index contributed by atoms with van der Waals surface area (Å²) in [5.74, 6) is 0. The normalized spacial score (nSPS) is 10.4. The Morgan fingerprint density at radius 1 is 1.37 bits per heavy atom. The van der Waals surface area contributed by atoms with Gasteiger partial charge in [-0.3, -0.25) is 10.1 Å². The van der Waals surface area contributed by atoms with Crippen molar-refractivity contribution in [3.8, 4) is 0 Å². The highest BCUT2D eigenvalue weighted by Crippen LogP contribution is 2.23. The molecule has 0 aliphatic heterocycles. The largest absolute Gasteiger partial charge is 0.397 e. The molecule has 3 N–H and O–H groups in total. The second-order valence-corrected chi connectivity index (χ2v) is 3.91. The molecule has 19 heavy (non-hydrogen) atoms. The Morgan fingerprint density at radius 3 is 2.79 bits per heavy atom. The first-order valence-electron chi connectivity index (χ1n) is 5.99. The topological polar surface area (TPSA) is 99.6 Å². The van der Waals surface area contributed by atoms with Gasteiger partial charge in [0.25, 0.3) is 5.69 Å². The number of hydrogen-bond acceptors (Lipinski definition) is 6. The third-order valence-corrected chi connectivity index (χ3v) is 2.46. The summed E-state index contributed by atoms with van der Waals surface area (Å²) in [7, 11) is 1.63. The molecule has 0 saturated heterocycles. The quantitative estimate of drug-likeness (QED) is 0.306. The maximum atomic E-state index is 10.6. The first kappa shape index (κ1) is 15.2. The van der Waals surface area contributed by atoms with Gasteiger partial charge in [-0.05, 0) is 12.5 Å². The third kappa shape index (κ3) is 5.54. The van der Waals surface area contributed by atoms with E-state index in [2.05, 4.69) is 5.32 Å². The van der Waals surface area contributed by atoms with Crippen molar-refractivity contribution in [3.05, 3.63) is 28.3 Å². The molecule has 0 atom stereocenters. The molecule has 0 fully saturated rings. The van der Waals surface area contributed by atoms with Crippen molar-refractivity contribution in [1.29, 1.82) is 0 Å². The lowest BCUT2D eigenvalue weighted by Crippen LogP contribution is -2.09. The van der Waals surface area contributed by atoms with Crippen LogP contribution in [-0.2, 0) is 9.47 Å². The monoisotopic (exact) mass is 269 g/mol. The average molecular weight is 269 g/mol. The number of nitrogens with zero attached hydrogens (tertiary/aromatic N) is 1. The number of rotatable bonds is 9. The molecule has 7 heteroatoms. The molecular formula is C12H19N3O4. The van der Waals surface area contributed by atoms with Gasteiger partial charge in [0.2, 0.25) is 0 Å². The van der Waals surface area contributed by atoms with Gasteiger partial charge < -0.3 is 20.5 Å². The minimum absolute atomic E-state index is 0.00838. The smallest absolute Gasteiger partial charge is 0.271 e. The summed E-state index contributed by atoms with van der Waals surface area (Å²) in [5.41, 5.74) is 6.78. The number of nitrogens with one attached hydrogen (secondary N) is 1. The van der Waals surface area contributed by atoms with Crippen LogP contribution in [0.4, 0.5) is 17.1 Å². The number of ether oxygens (including phenoxy) is 2. The van der Waals surface area contributed by atoms with Crippen molar-refractivity contribution < 1.29 is 14.4 Å². The Morgan fingerprint density at radius 2 is 2.16 bits per heavy atom. The summed E-state index contributed by atoms with van der Waals surface area (Å²) in [6.07, 6.45) is 0.820. The SMILES string of the molecule is COCCOCCCNc1ccc([N+](=O)[O-])cc1N. The van der Waals surface area contributed by atoms with Crippen molar-refractivity contribution in [2.75, 3.05) is 44.5 Å². The zero-order valence-electron chi connectivity index (χ0n) is 10.9. The number of nitro benzene ring substituents is 1. The maximum Gasteiger partial charge on any atom is 0.271 e. The summed E-state index contributed by atoms with van der Waals surface area (Å²) >= 11 is 0. The first-order chi connectivity index (χ1) is 9.15. The van der Waals surface area contributed by atoms with E-state index in [0.717, 1.165) is 6.42 Å². The average Bonchev–Trinajstić information content (AvgIpc) is 2.39. The van der Waals surface area contributed by atoms with Crippen LogP contribution in [-0.4, -0.2) is 38.4 Å². The lowest BCUT2D eigenvalue weighted by atomic mass is 10.2. The minimum Gasteiger partial charge on any atom is -0.397 e. The highest BCUT2D eigenvalue weighted by Gasteiger charge is 2.07. The van der Waals surface area contributed by atoms with Crippen LogP contribution in [0.25, 0.3) is 0 Å². The number of methoxy groups -OCH3 is 1. The number of nitrogen functional groups attached to an aromatic ring is 1. The van der Waals surface area contributed by atoms with E-state index in [0.29, 0.717) is 37.7 Å². The van der Waals surface area contributed by atoms with E-state index < -0.39 is 4.92 Å². The zero-order chi connectivity index (χ0) is 14.1. The summed E-state index contributed by atoms with van der Waals surface area (Å²) < 4.78 is 10.2. The molecule has 0 aliphatic rings. The van der Waals surface area contributed by atoms with Gasteiger partial charge in [-0.25, -0.2) is 0 Å². The molecular weight excluding hydrogens is 250 g/mol. The predicted molar refractivity (Wildman–Crippen MR) is 73.3 cm³/mol. The van der Waals surface area contributed by atoms with Crippen LogP contribution in [0.3, 0.4) is 0 Å². The molecule has 0 saturated carbocycles. The van der Waals surface area contributed by atoms with Crippen LogP contribution >= 0.6 is 0 Å². The Kier molecular flexibility index (Phi) is 6.62. The predicted octanol–water partition coefficient (Wildman–Crippen LogP) is 1.64. The molecule has 7 nitrogen and oxygen atoms in total. The van der Waals surface area contributed by atoms with Crippen molar-refractivity contribution in [2.24, 2.45) is 0 Å². The molecule has 0 aliphatic carbocycles. The molecule has 106 valence electrons. The van der Waals surface area contributed by atoms with E-state index in [4.69, 9.17) is 15.2 Å². The van der Waals surface area contributed by atoms with E-state index >= 15 is 0 Å². The second kappa shape index (κ2) is 8.28. The van der Waals surface area contributed by atoms with Crippen LogP contribution in [0.15, 0.2) is 18.2 Å². The summed E-state index contributed by atoms with van der Waals surface area (Å²) in [6, 6.07) is 4.38. The standard InChI is InChI=1S/C12H19N3O4/c1-18-7-8-19-6-2-5-14-12-4-3-10(15(16)17)9-11(12)13/h3-4,9,14H,2,5-8,13H2,1H3. The van der Waals surface area contributed by atoms with E-state index in [-0.39, 0.29) is 5.69 Å². The van der Waals surface area contributed by atoms with Crippen molar-refractivity contribution >= 4 is 17.1 Å². The number of nitro groups is 1. The highest BCUT2D eigenvalue weighted by molar-refractivity contribution is 5.69. The molecule has 1 aromatic carbocycles. The summed E-state index contributed by atoms with van der Waals surface area (Å²) in [6.45, 7) is 2.48. The van der Waals surface area contributed by atoms with Crippen molar-refractivity contribution in [2.45, 2.75) is 6.42 Å². The first-order valence-corrected chi connectivity index (χ1v) is 5.99. The van der Waals surface area contributed by atoms with Gasteiger partial charge in [-0.2, -0.15) is 0 Å². The van der Waals surface area contributed by atoms with Gasteiger partial charge in [0.1, 0.15) is 0 Å². The molecule has 0 bridgehead atoms. The maximum absolute atomic E-state index is 10.6. The van der Waals surface area contributed by atoms with Gasteiger partial charge in [0.05, 0.1) is 29.5 Å². The molecule has 0 radical (unpaired) electrons. The van der Waals surface area contributed by atoms with Crippen LogP contribution in [0.2, 0.25) is 0 Å². The number of benzene rings is 1. The van der Waals surface area contributed by atoms with Crippen LogP contribution in [0.1, 0.15) is 6.42 Å². The van der Waals surface area contributed by atoms with Crippen molar-refractivity contribution in [1.82, 2.24) is 0 Å². The lowest BCUT2D eigenvalue weighted by Gasteiger charge is -2.09. The number of non-ortho nitro benzene ring substituents is 1. The highest BCUT2D eigenvalue weighted by atomic mass is 16.6. The fraction of sp³-hybridized carbons (Fsp3) is 0.500. The molecule has 0 unspecified atom stereocenters. The third-order valence-electron chi connectivity index (χ3n) is 2.46. The Labute approximate surface area is 111 Å². The summed E-state index contributed by atoms with van der Waals surface area (Å²) in [4.78, 5) is 10.1. The van der Waals surface area contributed by atoms with Gasteiger partial charge >= 0.3 is 0 Å². The van der Waals surface area contributed by atoms with E-state index in [1.54, 1.807) is 13.2 Å². The van der Waals surface area contributed by atoms with Crippen molar-refractivity contribution in [3.63, 3.8) is 0 Å². The van der Waals surface area contributed by atoms with Crippen LogP contribution < -0.4 is 11.1 Å². The molecule has 0 heterocycles. The number of nitrogens with two attached hydrogens (primary N) is 1. The van der Waals surface area contributed by atoms with Gasteiger partial charge in [0, 0.05) is 32.4 Å². The Balaban J connectivity index is 2.28. The van der Waals surface area contributed by atoms with Gasteiger partial charge in [-0.15, -0.1) is 0 Å². The number of hydrogen-bond donors (Lipinski definition) is 2. The lowest BCUT2D eigenvalue weighted by molar-refractivity contribution is -0.384. The molecule has 0 aromatic heterocycles. The Hall–Kier alpha value is -1.86. The Bertz CT molecular complexity index is 412. The van der Waals surface area contributed by atoms with Gasteiger partial charge in [0.15, 0.2) is 0 Å². The number of anilines is 2. The molecule has 1 aromatic rings. The van der Waals surface area contributed by atoms with E-state index in [1.165, 1.54) is 12.1 Å². The summed E-state index contributed by atoms with van der Waals surface area (Å²) in [5, 5.41) is 13.7. The van der Waals surface area contributed by atoms with Gasteiger partial charge in [-0.1, -0.05) is 0 Å². The van der Waals surface area contributed by atoms with E-state index in [9.17, 15) is 10.1 Å². The molecule has 1 rings (SSSR count). The minimum atomic E-state index is -0.468. The fourth-order valence-electron chi connectivity index (χ4n) is 1.47.